The van der Waals surface area contributed by atoms with Crippen molar-refractivity contribution in [3.8, 4) is 5.75 Å². The SMILES string of the molecule is CCCCOc1ccccc1/C=C/C(=O)N(c1ccc(CCCC)cc1)S(=O)(=O)c1ccc(Cl)cc1. The van der Waals surface area contributed by atoms with Crippen molar-refractivity contribution in [2.24, 2.45) is 0 Å². The summed E-state index contributed by atoms with van der Waals surface area (Å²) in [6, 6.07) is 20.2. The molecule has 0 fully saturated rings. The lowest BCUT2D eigenvalue weighted by molar-refractivity contribution is -0.113. The summed E-state index contributed by atoms with van der Waals surface area (Å²) in [6.45, 7) is 4.77. The molecule has 0 aliphatic carbocycles. The van der Waals surface area contributed by atoms with Crippen molar-refractivity contribution in [3.05, 3.63) is 95.0 Å². The Hall–Kier alpha value is -3.09. The molecule has 3 rings (SSSR count). The molecule has 0 heterocycles. The number of unbranched alkanes of at least 4 members (excludes halogenated alkanes) is 2. The van der Waals surface area contributed by atoms with Gasteiger partial charge in [0.25, 0.3) is 15.9 Å². The van der Waals surface area contributed by atoms with Gasteiger partial charge < -0.3 is 4.74 Å². The lowest BCUT2D eigenvalue weighted by atomic mass is 10.1. The summed E-state index contributed by atoms with van der Waals surface area (Å²) < 4.78 is 33.9. The maximum Gasteiger partial charge on any atom is 0.271 e. The number of carbonyl (C=O) groups excluding carboxylic acids is 1. The van der Waals surface area contributed by atoms with Gasteiger partial charge in [-0.2, -0.15) is 4.31 Å². The van der Waals surface area contributed by atoms with Crippen molar-refractivity contribution in [2.45, 2.75) is 50.8 Å². The van der Waals surface area contributed by atoms with E-state index in [-0.39, 0.29) is 10.6 Å². The van der Waals surface area contributed by atoms with Crippen molar-refractivity contribution in [2.75, 3.05) is 10.9 Å². The van der Waals surface area contributed by atoms with Crippen molar-refractivity contribution in [1.82, 2.24) is 0 Å². The van der Waals surface area contributed by atoms with Gasteiger partial charge in [0.05, 0.1) is 17.2 Å². The van der Waals surface area contributed by atoms with Gasteiger partial charge in [0.2, 0.25) is 0 Å². The Bertz CT molecular complexity index is 1270. The van der Waals surface area contributed by atoms with Crippen molar-refractivity contribution in [3.63, 3.8) is 0 Å². The molecule has 1 amide bonds. The molecule has 0 saturated heterocycles. The van der Waals surface area contributed by atoms with Crippen molar-refractivity contribution >= 4 is 39.3 Å². The number of ether oxygens (including phenoxy) is 1. The van der Waals surface area contributed by atoms with E-state index in [1.807, 2.05) is 36.4 Å². The standard InChI is InChI=1S/C29H32ClNO4S/c1-3-5-9-23-12-17-26(18-13-23)31(36(33,34)27-19-15-25(30)16-20-27)29(32)21-14-24-10-7-8-11-28(24)35-22-6-4-2/h7-8,10-21H,3-6,9,22H2,1-2H3/b21-14+. The van der Waals surface area contributed by atoms with Gasteiger partial charge in [0, 0.05) is 16.7 Å². The largest absolute Gasteiger partial charge is 0.493 e. The Balaban J connectivity index is 1.96. The fraction of sp³-hybridized carbons (Fsp3) is 0.276. The zero-order valence-electron chi connectivity index (χ0n) is 20.7. The maximum absolute atomic E-state index is 13.6. The average Bonchev–Trinajstić information content (AvgIpc) is 2.88. The molecule has 0 unspecified atom stereocenters. The summed E-state index contributed by atoms with van der Waals surface area (Å²) in [7, 11) is -4.19. The van der Waals surface area contributed by atoms with Crippen LogP contribution in [0.5, 0.6) is 5.75 Å². The molecule has 0 aliphatic heterocycles. The number of hydrogen-bond acceptors (Lipinski definition) is 4. The van der Waals surface area contributed by atoms with Crippen LogP contribution in [0.4, 0.5) is 5.69 Å². The second-order valence-corrected chi connectivity index (χ2v) is 10.6. The number of amides is 1. The molecule has 190 valence electrons. The molecule has 0 aromatic heterocycles. The number of para-hydroxylation sites is 1. The highest BCUT2D eigenvalue weighted by Crippen LogP contribution is 2.27. The molecule has 3 aromatic carbocycles. The van der Waals surface area contributed by atoms with E-state index in [2.05, 4.69) is 13.8 Å². The van der Waals surface area contributed by atoms with Gasteiger partial charge in [0.15, 0.2) is 0 Å². The van der Waals surface area contributed by atoms with E-state index in [0.29, 0.717) is 22.9 Å². The molecule has 0 saturated carbocycles. The van der Waals surface area contributed by atoms with Crippen LogP contribution in [0, 0.1) is 0 Å². The smallest absolute Gasteiger partial charge is 0.271 e. The van der Waals surface area contributed by atoms with Gasteiger partial charge in [-0.15, -0.1) is 0 Å². The minimum Gasteiger partial charge on any atom is -0.493 e. The predicted octanol–water partition coefficient (Wildman–Crippen LogP) is 7.30. The molecule has 0 spiro atoms. The third kappa shape index (κ3) is 7.21. The summed E-state index contributed by atoms with van der Waals surface area (Å²) in [6.07, 6.45) is 7.76. The Morgan fingerprint density at radius 2 is 1.58 bits per heavy atom. The number of rotatable bonds is 12. The summed E-state index contributed by atoms with van der Waals surface area (Å²) in [5.74, 6) is -0.0444. The van der Waals surface area contributed by atoms with Crippen LogP contribution in [0.2, 0.25) is 5.02 Å². The fourth-order valence-corrected chi connectivity index (χ4v) is 5.09. The fourth-order valence-electron chi connectivity index (χ4n) is 3.58. The van der Waals surface area contributed by atoms with Crippen LogP contribution in [-0.2, 0) is 21.2 Å². The van der Waals surface area contributed by atoms with Crippen LogP contribution in [0.25, 0.3) is 6.08 Å². The van der Waals surface area contributed by atoms with Gasteiger partial charge in [-0.1, -0.05) is 68.6 Å². The van der Waals surface area contributed by atoms with Crippen molar-refractivity contribution < 1.29 is 17.9 Å². The second-order valence-electron chi connectivity index (χ2n) is 8.40. The number of sulfonamides is 1. The molecule has 0 radical (unpaired) electrons. The highest BCUT2D eigenvalue weighted by Gasteiger charge is 2.29. The first-order valence-electron chi connectivity index (χ1n) is 12.2. The summed E-state index contributed by atoms with van der Waals surface area (Å²) in [5, 5.41) is 0.409. The molecule has 7 heteroatoms. The van der Waals surface area contributed by atoms with Crippen LogP contribution in [-0.4, -0.2) is 20.9 Å². The van der Waals surface area contributed by atoms with E-state index in [0.717, 1.165) is 42.0 Å². The molecule has 36 heavy (non-hydrogen) atoms. The number of nitrogens with zero attached hydrogens (tertiary/aromatic N) is 1. The van der Waals surface area contributed by atoms with Crippen LogP contribution >= 0.6 is 11.6 Å². The minimum atomic E-state index is -4.19. The summed E-state index contributed by atoms with van der Waals surface area (Å²) >= 11 is 5.96. The minimum absolute atomic E-state index is 0.0213. The molecule has 0 aliphatic rings. The van der Waals surface area contributed by atoms with E-state index in [9.17, 15) is 13.2 Å². The Kier molecular flexibility index (Phi) is 10.1. The first-order chi connectivity index (χ1) is 17.4. The molecule has 0 atom stereocenters. The Morgan fingerprint density at radius 3 is 2.25 bits per heavy atom. The van der Waals surface area contributed by atoms with Crippen LogP contribution < -0.4 is 9.04 Å². The normalized spacial score (nSPS) is 11.5. The monoisotopic (exact) mass is 525 g/mol. The van der Waals surface area contributed by atoms with E-state index >= 15 is 0 Å². The zero-order chi connectivity index (χ0) is 26.0. The van der Waals surface area contributed by atoms with E-state index in [1.54, 1.807) is 18.2 Å². The van der Waals surface area contributed by atoms with Gasteiger partial charge in [-0.3, -0.25) is 4.79 Å². The number of halogens is 1. The summed E-state index contributed by atoms with van der Waals surface area (Å²) in [5.41, 5.74) is 2.05. The lowest BCUT2D eigenvalue weighted by Crippen LogP contribution is -2.35. The second kappa shape index (κ2) is 13.3. The van der Waals surface area contributed by atoms with E-state index in [1.165, 1.54) is 30.3 Å². The molecular formula is C29H32ClNO4S. The number of aryl methyl sites for hydroxylation is 1. The quantitative estimate of drug-likeness (QED) is 0.184. The predicted molar refractivity (Wildman–Crippen MR) is 147 cm³/mol. The maximum atomic E-state index is 13.6. The Labute approximate surface area is 219 Å². The highest BCUT2D eigenvalue weighted by molar-refractivity contribution is 7.93. The first kappa shape index (κ1) is 27.5. The third-order valence-corrected chi connectivity index (χ3v) is 7.61. The van der Waals surface area contributed by atoms with Crippen LogP contribution in [0.3, 0.4) is 0 Å². The van der Waals surface area contributed by atoms with Crippen LogP contribution in [0.15, 0.2) is 83.8 Å². The van der Waals surface area contributed by atoms with E-state index in [4.69, 9.17) is 16.3 Å². The number of benzene rings is 3. The first-order valence-corrected chi connectivity index (χ1v) is 14.0. The highest BCUT2D eigenvalue weighted by atomic mass is 35.5. The van der Waals surface area contributed by atoms with Crippen molar-refractivity contribution in [1.29, 1.82) is 0 Å². The number of carbonyl (C=O) groups is 1. The zero-order valence-corrected chi connectivity index (χ0v) is 22.3. The molecule has 3 aromatic rings. The molecular weight excluding hydrogens is 494 g/mol. The van der Waals surface area contributed by atoms with Crippen LogP contribution in [0.1, 0.15) is 50.7 Å². The van der Waals surface area contributed by atoms with Gasteiger partial charge in [-0.05, 0) is 73.4 Å². The molecule has 0 bridgehead atoms. The lowest BCUT2D eigenvalue weighted by Gasteiger charge is -2.22. The van der Waals surface area contributed by atoms with Gasteiger partial charge in [0.1, 0.15) is 5.75 Å². The Morgan fingerprint density at radius 1 is 0.917 bits per heavy atom. The topological polar surface area (TPSA) is 63.7 Å². The molecule has 5 nitrogen and oxygen atoms in total. The number of hydrogen-bond donors (Lipinski definition) is 0. The van der Waals surface area contributed by atoms with Gasteiger partial charge in [-0.25, -0.2) is 8.42 Å². The van der Waals surface area contributed by atoms with E-state index < -0.39 is 15.9 Å². The third-order valence-electron chi connectivity index (χ3n) is 5.62. The number of anilines is 1. The molecule has 0 N–H and O–H groups in total. The summed E-state index contributed by atoms with van der Waals surface area (Å²) in [4.78, 5) is 13.4. The van der Waals surface area contributed by atoms with Gasteiger partial charge >= 0.3 is 0 Å². The average molecular weight is 526 g/mol.